The first kappa shape index (κ1) is 9.25. The van der Waals surface area contributed by atoms with E-state index in [0.717, 1.165) is 13.7 Å². The molecule has 0 bridgehead atoms. The largest absolute Gasteiger partial charge is 0.192 e. The van der Waals surface area contributed by atoms with E-state index in [0.29, 0.717) is 10.6 Å². The summed E-state index contributed by atoms with van der Waals surface area (Å²) in [6, 6.07) is 5.86. The van der Waals surface area contributed by atoms with E-state index >= 15 is 0 Å². The van der Waals surface area contributed by atoms with Crippen molar-refractivity contribution in [1.29, 1.82) is 5.26 Å². The summed E-state index contributed by atoms with van der Waals surface area (Å²) in [6.45, 7) is 0. The van der Waals surface area contributed by atoms with Crippen molar-refractivity contribution in [3.8, 4) is 6.07 Å². The molecule has 1 aromatic carbocycles. The Balaban J connectivity index is 2.95. The fraction of sp³-hybridized carbons (Fsp3) is 0. The zero-order valence-electron chi connectivity index (χ0n) is 6.34. The van der Waals surface area contributed by atoms with Crippen LogP contribution >= 0.6 is 45.5 Å². The van der Waals surface area contributed by atoms with Gasteiger partial charge in [0.05, 0.1) is 10.6 Å². The monoisotopic (exact) mass is 319 g/mol. The van der Waals surface area contributed by atoms with Gasteiger partial charge < -0.3 is 0 Å². The summed E-state index contributed by atoms with van der Waals surface area (Å²) in [7, 11) is 0. The Bertz CT molecular complexity index is 512. The maximum Gasteiger partial charge on any atom is 0.101 e. The van der Waals surface area contributed by atoms with Gasteiger partial charge in [0.2, 0.25) is 0 Å². The molecular formula is C9H3ClINS. The molecule has 1 aromatic heterocycles. The smallest absolute Gasteiger partial charge is 0.101 e. The van der Waals surface area contributed by atoms with Crippen LogP contribution in [0.2, 0.25) is 5.02 Å². The summed E-state index contributed by atoms with van der Waals surface area (Å²) in [5, 5.41) is 12.3. The van der Waals surface area contributed by atoms with Crippen LogP contribution in [0.1, 0.15) is 5.56 Å². The molecule has 2 rings (SSSR count). The van der Waals surface area contributed by atoms with Crippen molar-refractivity contribution in [2.24, 2.45) is 0 Å². The Morgan fingerprint density at radius 1 is 1.54 bits per heavy atom. The van der Waals surface area contributed by atoms with Crippen LogP contribution in [0.3, 0.4) is 0 Å². The van der Waals surface area contributed by atoms with E-state index in [1.54, 1.807) is 11.3 Å². The van der Waals surface area contributed by atoms with Gasteiger partial charge in [-0.1, -0.05) is 11.6 Å². The molecule has 0 atom stereocenters. The number of benzene rings is 1. The van der Waals surface area contributed by atoms with Gasteiger partial charge in [0.1, 0.15) is 6.07 Å². The van der Waals surface area contributed by atoms with Crippen LogP contribution in [-0.2, 0) is 0 Å². The third-order valence-electron chi connectivity index (χ3n) is 1.75. The lowest BCUT2D eigenvalue weighted by Crippen LogP contribution is -1.80. The van der Waals surface area contributed by atoms with Crippen LogP contribution < -0.4 is 0 Å². The van der Waals surface area contributed by atoms with Crippen molar-refractivity contribution in [3.05, 3.63) is 31.7 Å². The predicted octanol–water partition coefficient (Wildman–Crippen LogP) is 4.03. The number of nitrogens with zero attached hydrogens (tertiary/aromatic N) is 1. The Morgan fingerprint density at radius 3 is 3.00 bits per heavy atom. The molecule has 13 heavy (non-hydrogen) atoms. The molecule has 0 unspecified atom stereocenters. The van der Waals surface area contributed by atoms with Gasteiger partial charge in [-0.25, -0.2) is 0 Å². The van der Waals surface area contributed by atoms with Gasteiger partial charge in [-0.15, -0.1) is 11.3 Å². The first-order chi connectivity index (χ1) is 6.24. The molecule has 2 aromatic rings. The fourth-order valence-corrected chi connectivity index (χ4v) is 3.25. The second-order valence-electron chi connectivity index (χ2n) is 2.50. The van der Waals surface area contributed by atoms with Crippen molar-refractivity contribution in [1.82, 2.24) is 0 Å². The first-order valence-electron chi connectivity index (χ1n) is 3.49. The Morgan fingerprint density at radius 2 is 2.31 bits per heavy atom. The van der Waals surface area contributed by atoms with Gasteiger partial charge in [0.25, 0.3) is 0 Å². The van der Waals surface area contributed by atoms with Gasteiger partial charge >= 0.3 is 0 Å². The number of halogens is 2. The average molecular weight is 320 g/mol. The van der Waals surface area contributed by atoms with Crippen LogP contribution in [0.4, 0.5) is 0 Å². The van der Waals surface area contributed by atoms with Crippen LogP contribution in [0.25, 0.3) is 10.1 Å². The van der Waals surface area contributed by atoms with Crippen molar-refractivity contribution in [3.63, 3.8) is 0 Å². The lowest BCUT2D eigenvalue weighted by atomic mass is 10.2. The Kier molecular flexibility index (Phi) is 2.45. The molecule has 0 radical (unpaired) electrons. The minimum Gasteiger partial charge on any atom is -0.192 e. The van der Waals surface area contributed by atoms with E-state index in [1.165, 1.54) is 0 Å². The van der Waals surface area contributed by atoms with Crippen molar-refractivity contribution in [2.75, 3.05) is 0 Å². The summed E-state index contributed by atoms with van der Waals surface area (Å²) in [5.74, 6) is 0. The molecule has 0 amide bonds. The molecule has 0 aliphatic carbocycles. The lowest BCUT2D eigenvalue weighted by molar-refractivity contribution is 1.49. The number of rotatable bonds is 0. The molecule has 0 saturated heterocycles. The van der Waals surface area contributed by atoms with E-state index in [9.17, 15) is 0 Å². The molecular weight excluding hydrogens is 317 g/mol. The average Bonchev–Trinajstić information content (AvgIpc) is 2.60. The molecule has 0 aliphatic rings. The zero-order valence-corrected chi connectivity index (χ0v) is 10.1. The lowest BCUT2D eigenvalue weighted by Gasteiger charge is -1.99. The first-order valence-corrected chi connectivity index (χ1v) is 5.83. The predicted molar refractivity (Wildman–Crippen MR) is 64.3 cm³/mol. The van der Waals surface area contributed by atoms with Gasteiger partial charge in [-0.2, -0.15) is 5.26 Å². The molecule has 0 fully saturated rings. The van der Waals surface area contributed by atoms with Crippen LogP contribution in [-0.4, -0.2) is 0 Å². The van der Waals surface area contributed by atoms with E-state index in [2.05, 4.69) is 28.7 Å². The fourth-order valence-electron chi connectivity index (χ4n) is 1.15. The zero-order chi connectivity index (χ0) is 9.42. The van der Waals surface area contributed by atoms with Gasteiger partial charge in [0, 0.05) is 13.7 Å². The normalized spacial score (nSPS) is 10.2. The minimum absolute atomic E-state index is 0.553. The highest BCUT2D eigenvalue weighted by Gasteiger charge is 2.09. The molecule has 1 nitrogen and oxygen atoms in total. The second kappa shape index (κ2) is 3.45. The second-order valence-corrected chi connectivity index (χ2v) is 4.95. The number of nitriles is 1. The van der Waals surface area contributed by atoms with Crippen molar-refractivity contribution >= 4 is 55.6 Å². The number of thiophene rings is 1. The number of fused-ring (bicyclic) bond motifs is 1. The van der Waals surface area contributed by atoms with Crippen molar-refractivity contribution in [2.45, 2.75) is 0 Å². The molecule has 4 heteroatoms. The molecule has 64 valence electrons. The van der Waals surface area contributed by atoms with Crippen LogP contribution in [0.5, 0.6) is 0 Å². The van der Waals surface area contributed by atoms with Gasteiger partial charge in [-0.05, 0) is 40.1 Å². The standard InChI is InChI=1S/C9H3ClINS/c10-8-5(4-12)3-7(11)9-6(8)1-2-13-9/h1-3H. The van der Waals surface area contributed by atoms with E-state index < -0.39 is 0 Å². The van der Waals surface area contributed by atoms with E-state index in [4.69, 9.17) is 16.9 Å². The maximum atomic E-state index is 8.81. The summed E-state index contributed by atoms with van der Waals surface area (Å²) in [5.41, 5.74) is 0.553. The van der Waals surface area contributed by atoms with E-state index in [-0.39, 0.29) is 0 Å². The molecule has 1 heterocycles. The topological polar surface area (TPSA) is 23.8 Å². The molecule has 0 aliphatic heterocycles. The SMILES string of the molecule is N#Cc1cc(I)c2sccc2c1Cl. The Hall–Kier alpha value is -0.310. The summed E-state index contributed by atoms with van der Waals surface area (Å²) >= 11 is 9.90. The molecule has 0 N–H and O–H groups in total. The van der Waals surface area contributed by atoms with E-state index in [1.807, 2.05) is 17.5 Å². The molecule has 0 saturated carbocycles. The van der Waals surface area contributed by atoms with Crippen LogP contribution in [0.15, 0.2) is 17.5 Å². The number of hydrogen-bond donors (Lipinski definition) is 0. The summed E-state index contributed by atoms with van der Waals surface area (Å²) in [6.07, 6.45) is 0. The quantitative estimate of drug-likeness (QED) is 0.673. The summed E-state index contributed by atoms with van der Waals surface area (Å²) in [4.78, 5) is 0. The highest BCUT2D eigenvalue weighted by Crippen LogP contribution is 2.34. The highest BCUT2D eigenvalue weighted by molar-refractivity contribution is 14.1. The maximum absolute atomic E-state index is 8.81. The summed E-state index contributed by atoms with van der Waals surface area (Å²) < 4.78 is 2.24. The van der Waals surface area contributed by atoms with Gasteiger partial charge in [0.15, 0.2) is 0 Å². The van der Waals surface area contributed by atoms with Crippen molar-refractivity contribution < 1.29 is 0 Å². The van der Waals surface area contributed by atoms with Crippen LogP contribution in [0, 0.1) is 14.9 Å². The highest BCUT2D eigenvalue weighted by atomic mass is 127. The Labute approximate surface area is 98.1 Å². The third-order valence-corrected chi connectivity index (χ3v) is 4.32. The van der Waals surface area contributed by atoms with Gasteiger partial charge in [-0.3, -0.25) is 0 Å². The molecule has 0 spiro atoms. The minimum atomic E-state index is 0.553. The third kappa shape index (κ3) is 1.43. The number of hydrogen-bond acceptors (Lipinski definition) is 2.